The molecule has 1 atom stereocenters. The Hall–Kier alpha value is -3.38. The smallest absolute Gasteiger partial charge is 0.251 e. The predicted octanol–water partition coefficient (Wildman–Crippen LogP) is 2.86. The van der Waals surface area contributed by atoms with Crippen molar-refractivity contribution < 1.29 is 9.59 Å². The van der Waals surface area contributed by atoms with Crippen LogP contribution in [0.1, 0.15) is 28.4 Å². The lowest BCUT2D eigenvalue weighted by Gasteiger charge is -2.37. The number of carbonyl (C=O) groups excluding carboxylic acids is 2. The second kappa shape index (κ2) is 9.18. The summed E-state index contributed by atoms with van der Waals surface area (Å²) < 4.78 is 0. The quantitative estimate of drug-likeness (QED) is 0.554. The molecule has 0 bridgehead atoms. The fourth-order valence-corrected chi connectivity index (χ4v) is 3.95. The largest absolute Gasteiger partial charge is 0.369 e. The molecule has 1 aliphatic heterocycles. The van der Waals surface area contributed by atoms with Gasteiger partial charge in [-0.3, -0.25) is 9.59 Å². The number of rotatable bonds is 7. The highest BCUT2D eigenvalue weighted by Crippen LogP contribution is 2.27. The first-order valence-corrected chi connectivity index (χ1v) is 10.6. The third-order valence-corrected chi connectivity index (χ3v) is 6.00. The Morgan fingerprint density at radius 2 is 1.81 bits per heavy atom. The predicted molar refractivity (Wildman–Crippen MR) is 124 cm³/mol. The molecular formula is C25H28N4O2. The van der Waals surface area contributed by atoms with Crippen LogP contribution in [0.4, 0.5) is 5.69 Å². The van der Waals surface area contributed by atoms with Gasteiger partial charge < -0.3 is 20.9 Å². The molecule has 0 spiro atoms. The van der Waals surface area contributed by atoms with E-state index in [1.54, 1.807) is 7.05 Å². The van der Waals surface area contributed by atoms with Crippen LogP contribution in [0.2, 0.25) is 0 Å². The summed E-state index contributed by atoms with van der Waals surface area (Å²) in [5.41, 5.74) is 2.52. The normalized spacial score (nSPS) is 14.5. The number of nitrogens with one attached hydrogen (secondary N) is 3. The third-order valence-electron chi connectivity index (χ3n) is 6.00. The van der Waals surface area contributed by atoms with Crippen molar-refractivity contribution >= 4 is 28.3 Å². The molecule has 1 fully saturated rings. The van der Waals surface area contributed by atoms with E-state index in [0.29, 0.717) is 11.6 Å². The number of likely N-dealkylation sites (N-methyl/N-ethyl adjacent to an activating group) is 1. The summed E-state index contributed by atoms with van der Waals surface area (Å²) in [6.45, 7) is 1.89. The zero-order valence-corrected chi connectivity index (χ0v) is 17.9. The lowest BCUT2D eigenvalue weighted by molar-refractivity contribution is -0.121. The first kappa shape index (κ1) is 20.9. The molecule has 0 unspecified atom stereocenters. The van der Waals surface area contributed by atoms with E-state index >= 15 is 0 Å². The third kappa shape index (κ3) is 4.54. The Kier molecular flexibility index (Phi) is 6.18. The first-order chi connectivity index (χ1) is 15.1. The second-order valence-corrected chi connectivity index (χ2v) is 7.95. The summed E-state index contributed by atoms with van der Waals surface area (Å²) in [5.74, 6) is -0.312. The maximum atomic E-state index is 13.2. The molecular weight excluding hydrogens is 388 g/mol. The van der Waals surface area contributed by atoms with Gasteiger partial charge in [-0.2, -0.15) is 0 Å². The van der Waals surface area contributed by atoms with Crippen molar-refractivity contribution in [3.8, 4) is 0 Å². The maximum Gasteiger partial charge on any atom is 0.251 e. The van der Waals surface area contributed by atoms with Crippen molar-refractivity contribution in [3.05, 3.63) is 77.9 Å². The van der Waals surface area contributed by atoms with Crippen LogP contribution in [-0.2, 0) is 4.79 Å². The van der Waals surface area contributed by atoms with E-state index in [9.17, 15) is 9.59 Å². The molecule has 6 nitrogen and oxygen atoms in total. The van der Waals surface area contributed by atoms with Gasteiger partial charge in [0.25, 0.3) is 5.91 Å². The average molecular weight is 417 g/mol. The fourth-order valence-electron chi connectivity index (χ4n) is 3.95. The molecule has 2 amide bonds. The molecule has 4 rings (SSSR count). The van der Waals surface area contributed by atoms with E-state index in [4.69, 9.17) is 0 Å². The molecule has 160 valence electrons. The molecule has 1 heterocycles. The summed E-state index contributed by atoms with van der Waals surface area (Å²) in [4.78, 5) is 27.6. The fraction of sp³-hybridized carbons (Fsp3) is 0.280. The van der Waals surface area contributed by atoms with Crippen molar-refractivity contribution in [1.82, 2.24) is 16.0 Å². The molecule has 3 aromatic carbocycles. The minimum absolute atomic E-state index is 0.121. The number of hydrogen-bond donors (Lipinski definition) is 3. The van der Waals surface area contributed by atoms with Crippen LogP contribution < -0.4 is 20.9 Å². The van der Waals surface area contributed by atoms with Crippen molar-refractivity contribution in [1.29, 1.82) is 0 Å². The highest BCUT2D eigenvalue weighted by atomic mass is 16.2. The second-order valence-electron chi connectivity index (χ2n) is 7.95. The van der Waals surface area contributed by atoms with Crippen molar-refractivity contribution in [2.24, 2.45) is 0 Å². The molecule has 31 heavy (non-hydrogen) atoms. The Morgan fingerprint density at radius 3 is 2.55 bits per heavy atom. The standard InChI is InChI=1S/C25H28N4O2/c1-26-24(30)14-23(22-12-6-8-17-7-3-4-11-21(17)22)28-25(31)18-9-5-10-19(13-18)29(2)20-15-27-16-20/h3-13,20,23,27H,14-16H2,1-2H3,(H,26,30)(H,28,31)/t23-/m1/s1. The summed E-state index contributed by atoms with van der Waals surface area (Å²) in [5, 5.41) is 11.2. The highest BCUT2D eigenvalue weighted by Gasteiger charge is 2.24. The number of benzene rings is 3. The van der Waals surface area contributed by atoms with Crippen LogP contribution >= 0.6 is 0 Å². The van der Waals surface area contributed by atoms with Gasteiger partial charge in [0.05, 0.1) is 18.5 Å². The topological polar surface area (TPSA) is 73.5 Å². The molecule has 1 saturated heterocycles. The van der Waals surface area contributed by atoms with Crippen LogP contribution in [0, 0.1) is 0 Å². The number of carbonyl (C=O) groups is 2. The maximum absolute atomic E-state index is 13.2. The monoisotopic (exact) mass is 416 g/mol. The van der Waals surface area contributed by atoms with Gasteiger partial charge in [0.1, 0.15) is 0 Å². The molecule has 0 saturated carbocycles. The Balaban J connectivity index is 1.61. The molecule has 0 aliphatic carbocycles. The molecule has 6 heteroatoms. The van der Waals surface area contributed by atoms with Gasteiger partial charge in [0.15, 0.2) is 0 Å². The summed E-state index contributed by atoms with van der Waals surface area (Å²) >= 11 is 0. The van der Waals surface area contributed by atoms with E-state index < -0.39 is 6.04 Å². The van der Waals surface area contributed by atoms with Gasteiger partial charge in [-0.1, -0.05) is 48.5 Å². The average Bonchev–Trinajstić information content (AvgIpc) is 2.77. The number of fused-ring (bicyclic) bond motifs is 1. The van der Waals surface area contributed by atoms with Gasteiger partial charge in [0.2, 0.25) is 5.91 Å². The van der Waals surface area contributed by atoms with Crippen LogP contribution in [0.3, 0.4) is 0 Å². The Bertz CT molecular complexity index is 1090. The van der Waals surface area contributed by atoms with E-state index in [2.05, 4.69) is 20.9 Å². The van der Waals surface area contributed by atoms with E-state index in [-0.39, 0.29) is 18.2 Å². The lowest BCUT2D eigenvalue weighted by Crippen LogP contribution is -2.56. The minimum atomic E-state index is -0.434. The van der Waals surface area contributed by atoms with E-state index in [1.165, 1.54) is 0 Å². The number of anilines is 1. The highest BCUT2D eigenvalue weighted by molar-refractivity contribution is 5.96. The van der Waals surface area contributed by atoms with Crippen LogP contribution in [0.25, 0.3) is 10.8 Å². The number of amides is 2. The summed E-state index contributed by atoms with van der Waals surface area (Å²) in [6.07, 6.45) is 0.170. The number of hydrogen-bond acceptors (Lipinski definition) is 4. The summed E-state index contributed by atoms with van der Waals surface area (Å²) in [6, 6.07) is 21.6. The van der Waals surface area contributed by atoms with Gasteiger partial charge in [0, 0.05) is 38.4 Å². The van der Waals surface area contributed by atoms with Gasteiger partial charge >= 0.3 is 0 Å². The lowest BCUT2D eigenvalue weighted by atomic mass is 9.96. The van der Waals surface area contributed by atoms with Gasteiger partial charge in [-0.05, 0) is 34.5 Å². The van der Waals surface area contributed by atoms with Gasteiger partial charge in [-0.15, -0.1) is 0 Å². The van der Waals surface area contributed by atoms with Crippen molar-refractivity contribution in [2.75, 3.05) is 32.1 Å². The minimum Gasteiger partial charge on any atom is -0.369 e. The zero-order chi connectivity index (χ0) is 21.8. The van der Waals surface area contributed by atoms with Crippen LogP contribution in [0.5, 0.6) is 0 Å². The Labute approximate surface area is 182 Å². The van der Waals surface area contributed by atoms with Crippen LogP contribution in [-0.4, -0.2) is 45.0 Å². The summed E-state index contributed by atoms with van der Waals surface area (Å²) in [7, 11) is 3.66. The first-order valence-electron chi connectivity index (χ1n) is 10.6. The SMILES string of the molecule is CNC(=O)C[C@@H](NC(=O)c1cccc(N(C)C2CNC2)c1)c1cccc2ccccc12. The molecule has 0 radical (unpaired) electrons. The van der Waals surface area contributed by atoms with E-state index in [1.807, 2.05) is 73.8 Å². The zero-order valence-electron chi connectivity index (χ0n) is 17.9. The van der Waals surface area contributed by atoms with E-state index in [0.717, 1.165) is 35.1 Å². The Morgan fingerprint density at radius 1 is 1.06 bits per heavy atom. The molecule has 1 aliphatic rings. The molecule has 0 aromatic heterocycles. The molecule has 3 aromatic rings. The number of nitrogens with zero attached hydrogens (tertiary/aromatic N) is 1. The van der Waals surface area contributed by atoms with Crippen molar-refractivity contribution in [3.63, 3.8) is 0 Å². The molecule has 3 N–H and O–H groups in total. The van der Waals surface area contributed by atoms with Crippen LogP contribution in [0.15, 0.2) is 66.7 Å². The van der Waals surface area contributed by atoms with Gasteiger partial charge in [-0.25, -0.2) is 0 Å². The van der Waals surface area contributed by atoms with Crippen molar-refractivity contribution in [2.45, 2.75) is 18.5 Å².